The van der Waals surface area contributed by atoms with Crippen LogP contribution in [0.5, 0.6) is 34.5 Å². The van der Waals surface area contributed by atoms with Crippen molar-refractivity contribution in [1.82, 2.24) is 0 Å². The van der Waals surface area contributed by atoms with Crippen LogP contribution in [0.4, 0.5) is 0 Å². The summed E-state index contributed by atoms with van der Waals surface area (Å²) in [5, 5.41) is 21.2. The van der Waals surface area contributed by atoms with Crippen molar-refractivity contribution in [2.45, 2.75) is 5.92 Å². The first kappa shape index (κ1) is 24.6. The summed E-state index contributed by atoms with van der Waals surface area (Å²) in [5.74, 6) is -3.83. The van der Waals surface area contributed by atoms with Gasteiger partial charge in [0.05, 0.1) is 54.1 Å². The van der Waals surface area contributed by atoms with Crippen LogP contribution in [0.25, 0.3) is 6.08 Å². The van der Waals surface area contributed by atoms with Crippen molar-refractivity contribution in [3.63, 3.8) is 0 Å². The first-order valence-corrected chi connectivity index (χ1v) is 10.1. The van der Waals surface area contributed by atoms with Crippen LogP contribution in [0.1, 0.15) is 22.6 Å². The van der Waals surface area contributed by atoms with Crippen LogP contribution in [-0.4, -0.2) is 64.8 Å². The molecule has 10 nitrogen and oxygen atoms in total. The number of hydrogen-bond donors (Lipinski definition) is 2. The minimum Gasteiger partial charge on any atom is -0.502 e. The highest BCUT2D eigenvalue weighted by atomic mass is 16.5. The molecule has 1 aliphatic rings. The van der Waals surface area contributed by atoms with Gasteiger partial charge in [0.2, 0.25) is 11.5 Å². The van der Waals surface area contributed by atoms with Crippen molar-refractivity contribution in [3.05, 3.63) is 40.5 Å². The SMILES string of the molecule is COC(=O)C1=Cc2cc(OC)c(O)c(OC)c2C(c2cc(OC)c(O)c(OC)c2)C1C(=O)OC. The number of benzene rings is 2. The van der Waals surface area contributed by atoms with Gasteiger partial charge in [-0.1, -0.05) is 0 Å². The fraction of sp³-hybridized carbons (Fsp3) is 0.333. The summed E-state index contributed by atoms with van der Waals surface area (Å²) in [7, 11) is 7.86. The van der Waals surface area contributed by atoms with Crippen LogP contribution in [0.15, 0.2) is 23.8 Å². The molecule has 0 fully saturated rings. The topological polar surface area (TPSA) is 130 Å². The number of carbonyl (C=O) groups excluding carboxylic acids is 2. The summed E-state index contributed by atoms with van der Waals surface area (Å²) in [6, 6.07) is 4.53. The van der Waals surface area contributed by atoms with Crippen molar-refractivity contribution < 1.29 is 48.2 Å². The predicted octanol–water partition coefficient (Wildman–Crippen LogP) is 2.62. The van der Waals surface area contributed by atoms with Crippen LogP contribution < -0.4 is 18.9 Å². The molecule has 2 N–H and O–H groups in total. The van der Waals surface area contributed by atoms with Crippen LogP contribution in [0, 0.1) is 5.92 Å². The van der Waals surface area contributed by atoms with Gasteiger partial charge in [0, 0.05) is 11.5 Å². The second-order valence-corrected chi connectivity index (χ2v) is 7.31. The third-order valence-electron chi connectivity index (χ3n) is 5.74. The number of phenolic OH excluding ortho intramolecular Hbond substituents is 2. The summed E-state index contributed by atoms with van der Waals surface area (Å²) >= 11 is 0. The molecule has 2 unspecified atom stereocenters. The van der Waals surface area contributed by atoms with Gasteiger partial charge in [0.15, 0.2) is 23.0 Å². The van der Waals surface area contributed by atoms with Crippen molar-refractivity contribution in [2.24, 2.45) is 5.92 Å². The van der Waals surface area contributed by atoms with Gasteiger partial charge in [-0.05, 0) is 35.4 Å². The number of ether oxygens (including phenoxy) is 6. The Bertz CT molecular complexity index is 1130. The first-order chi connectivity index (χ1) is 16.3. The molecule has 3 rings (SSSR count). The zero-order valence-electron chi connectivity index (χ0n) is 19.6. The predicted molar refractivity (Wildman–Crippen MR) is 120 cm³/mol. The second-order valence-electron chi connectivity index (χ2n) is 7.31. The van der Waals surface area contributed by atoms with E-state index in [0.29, 0.717) is 16.7 Å². The summed E-state index contributed by atoms with van der Waals surface area (Å²) in [4.78, 5) is 25.8. The highest BCUT2D eigenvalue weighted by Gasteiger charge is 2.45. The average Bonchev–Trinajstić information content (AvgIpc) is 2.86. The molecule has 2 aromatic rings. The zero-order chi connectivity index (χ0) is 25.2. The Morgan fingerprint density at radius 2 is 1.32 bits per heavy atom. The number of rotatable bonds is 7. The van der Waals surface area contributed by atoms with E-state index < -0.39 is 23.8 Å². The highest BCUT2D eigenvalue weighted by molar-refractivity contribution is 6.02. The number of esters is 2. The number of hydrogen-bond acceptors (Lipinski definition) is 10. The maximum absolute atomic E-state index is 13.1. The van der Waals surface area contributed by atoms with E-state index in [1.807, 2.05) is 0 Å². The fourth-order valence-corrected chi connectivity index (χ4v) is 4.21. The monoisotopic (exact) mass is 474 g/mol. The summed E-state index contributed by atoms with van der Waals surface area (Å²) in [5.41, 5.74) is 1.27. The van der Waals surface area contributed by atoms with E-state index >= 15 is 0 Å². The van der Waals surface area contributed by atoms with E-state index in [1.54, 1.807) is 0 Å². The van der Waals surface area contributed by atoms with Crippen LogP contribution >= 0.6 is 0 Å². The van der Waals surface area contributed by atoms with Crippen LogP contribution in [0.3, 0.4) is 0 Å². The molecule has 2 atom stereocenters. The van der Waals surface area contributed by atoms with Crippen molar-refractivity contribution in [3.8, 4) is 34.5 Å². The molecular formula is C24H26O10. The van der Waals surface area contributed by atoms with E-state index in [1.165, 1.54) is 66.9 Å². The van der Waals surface area contributed by atoms with E-state index in [4.69, 9.17) is 28.4 Å². The molecular weight excluding hydrogens is 448 g/mol. The minimum absolute atomic E-state index is 0.0210. The molecule has 2 aromatic carbocycles. The van der Waals surface area contributed by atoms with Gasteiger partial charge >= 0.3 is 11.9 Å². The van der Waals surface area contributed by atoms with E-state index in [0.717, 1.165) is 0 Å². The molecule has 0 radical (unpaired) electrons. The second kappa shape index (κ2) is 9.82. The molecule has 1 aliphatic carbocycles. The first-order valence-electron chi connectivity index (χ1n) is 10.1. The lowest BCUT2D eigenvalue weighted by Crippen LogP contribution is -2.33. The number of carbonyl (C=O) groups is 2. The Kier molecular flexibility index (Phi) is 7.09. The van der Waals surface area contributed by atoms with Gasteiger partial charge < -0.3 is 38.6 Å². The van der Waals surface area contributed by atoms with Gasteiger partial charge in [-0.3, -0.25) is 4.79 Å². The maximum Gasteiger partial charge on any atom is 0.334 e. The Morgan fingerprint density at radius 1 is 0.765 bits per heavy atom. The number of methoxy groups -OCH3 is 6. The Balaban J connectivity index is 2.48. The van der Waals surface area contributed by atoms with Crippen molar-refractivity contribution in [1.29, 1.82) is 0 Å². The van der Waals surface area contributed by atoms with E-state index in [-0.39, 0.29) is 40.1 Å². The smallest absolute Gasteiger partial charge is 0.334 e. The lowest BCUT2D eigenvalue weighted by molar-refractivity contribution is -0.147. The van der Waals surface area contributed by atoms with Gasteiger partial charge in [0.1, 0.15) is 0 Å². The molecule has 0 bridgehead atoms. The van der Waals surface area contributed by atoms with Crippen molar-refractivity contribution >= 4 is 18.0 Å². The number of fused-ring (bicyclic) bond motifs is 1. The third kappa shape index (κ3) is 3.91. The van der Waals surface area contributed by atoms with Gasteiger partial charge in [-0.15, -0.1) is 0 Å². The molecule has 10 heteroatoms. The van der Waals surface area contributed by atoms with Crippen LogP contribution in [-0.2, 0) is 19.1 Å². The van der Waals surface area contributed by atoms with Gasteiger partial charge in [0.25, 0.3) is 0 Å². The fourth-order valence-electron chi connectivity index (χ4n) is 4.21. The van der Waals surface area contributed by atoms with Crippen molar-refractivity contribution in [2.75, 3.05) is 42.7 Å². The van der Waals surface area contributed by atoms with E-state index in [9.17, 15) is 19.8 Å². The molecule has 0 aliphatic heterocycles. The molecule has 0 heterocycles. The molecule has 182 valence electrons. The zero-order valence-corrected chi connectivity index (χ0v) is 19.6. The molecule has 0 saturated carbocycles. The third-order valence-corrected chi connectivity index (χ3v) is 5.74. The summed E-state index contributed by atoms with van der Waals surface area (Å²) < 4.78 is 31.3. The number of phenols is 2. The largest absolute Gasteiger partial charge is 0.502 e. The average molecular weight is 474 g/mol. The Morgan fingerprint density at radius 3 is 1.79 bits per heavy atom. The summed E-state index contributed by atoms with van der Waals surface area (Å²) in [6.07, 6.45) is 1.47. The Labute approximate surface area is 196 Å². The van der Waals surface area contributed by atoms with E-state index in [2.05, 4.69) is 0 Å². The minimum atomic E-state index is -1.19. The lowest BCUT2D eigenvalue weighted by atomic mass is 9.70. The molecule has 0 spiro atoms. The number of aromatic hydroxyl groups is 2. The molecule has 0 amide bonds. The standard InChI is InChI=1S/C24H26O10/c1-29-14-9-12(10-15(30-2)20(14)25)17-18-11(8-16(31-3)21(26)22(18)32-4)7-13(23(27)33-5)19(17)24(28)34-6/h7-10,17,19,25-26H,1-6H3. The highest BCUT2D eigenvalue weighted by Crippen LogP contribution is 2.54. The molecule has 34 heavy (non-hydrogen) atoms. The quantitative estimate of drug-likeness (QED) is 0.578. The maximum atomic E-state index is 13.1. The van der Waals surface area contributed by atoms with Gasteiger partial charge in [-0.2, -0.15) is 0 Å². The van der Waals surface area contributed by atoms with Gasteiger partial charge in [-0.25, -0.2) is 4.79 Å². The normalized spacial score (nSPS) is 16.6. The molecule has 0 saturated heterocycles. The lowest BCUT2D eigenvalue weighted by Gasteiger charge is -2.34. The Hall–Kier alpha value is -4.08. The van der Waals surface area contributed by atoms with Crippen LogP contribution in [0.2, 0.25) is 0 Å². The summed E-state index contributed by atoms with van der Waals surface area (Å²) in [6.45, 7) is 0. The molecule has 0 aromatic heterocycles.